The van der Waals surface area contributed by atoms with Crippen molar-refractivity contribution < 1.29 is 0 Å². The number of nitrogens with zero attached hydrogens (tertiary/aromatic N) is 4. The highest BCUT2D eigenvalue weighted by molar-refractivity contribution is 5.19. The van der Waals surface area contributed by atoms with Crippen LogP contribution in [0.15, 0.2) is 24.8 Å². The van der Waals surface area contributed by atoms with E-state index < -0.39 is 0 Å². The number of nitrogens with two attached hydrogens (primary N) is 1. The molecule has 5 nitrogen and oxygen atoms in total. The molecular weight excluding hydrogens is 202 g/mol. The first kappa shape index (κ1) is 10.9. The molecule has 0 aliphatic heterocycles. The first-order valence-electron chi connectivity index (χ1n) is 5.47. The van der Waals surface area contributed by atoms with Gasteiger partial charge in [0.05, 0.1) is 12.2 Å². The summed E-state index contributed by atoms with van der Waals surface area (Å²) < 4.78 is 3.85. The van der Waals surface area contributed by atoms with Crippen LogP contribution in [0.5, 0.6) is 0 Å². The number of rotatable bonds is 4. The van der Waals surface area contributed by atoms with Gasteiger partial charge in [-0.2, -0.15) is 5.10 Å². The molecule has 1 unspecified atom stereocenters. The highest BCUT2D eigenvalue weighted by Crippen LogP contribution is 2.17. The van der Waals surface area contributed by atoms with Crippen molar-refractivity contribution >= 4 is 0 Å². The van der Waals surface area contributed by atoms with Crippen LogP contribution < -0.4 is 5.73 Å². The fourth-order valence-corrected chi connectivity index (χ4v) is 1.78. The number of aromatic nitrogens is 4. The van der Waals surface area contributed by atoms with E-state index in [9.17, 15) is 0 Å². The Balaban J connectivity index is 2.26. The molecule has 2 rings (SSSR count). The summed E-state index contributed by atoms with van der Waals surface area (Å²) in [6.45, 7) is 3.09. The SMILES string of the molecule is CCCn1ccnc1C(N)c1cnn(C)c1. The molecule has 0 saturated heterocycles. The first-order chi connectivity index (χ1) is 7.72. The minimum atomic E-state index is -0.199. The molecular formula is C11H17N5. The lowest BCUT2D eigenvalue weighted by Gasteiger charge is -2.11. The molecule has 0 bridgehead atoms. The Morgan fingerprint density at radius 2 is 2.31 bits per heavy atom. The van der Waals surface area contributed by atoms with Crippen LogP contribution in [0.3, 0.4) is 0 Å². The second kappa shape index (κ2) is 4.49. The van der Waals surface area contributed by atoms with Gasteiger partial charge in [0.25, 0.3) is 0 Å². The molecule has 0 aliphatic carbocycles. The maximum absolute atomic E-state index is 6.17. The lowest BCUT2D eigenvalue weighted by Crippen LogP contribution is -2.17. The van der Waals surface area contributed by atoms with Crippen LogP contribution in [0.25, 0.3) is 0 Å². The maximum Gasteiger partial charge on any atom is 0.130 e. The van der Waals surface area contributed by atoms with E-state index in [0.717, 1.165) is 24.4 Å². The zero-order valence-corrected chi connectivity index (χ0v) is 9.67. The van der Waals surface area contributed by atoms with Gasteiger partial charge >= 0.3 is 0 Å². The maximum atomic E-state index is 6.17. The Kier molecular flexibility index (Phi) is 3.05. The fraction of sp³-hybridized carbons (Fsp3) is 0.455. The minimum Gasteiger partial charge on any atom is -0.333 e. The lowest BCUT2D eigenvalue weighted by atomic mass is 10.1. The molecule has 0 saturated carbocycles. The van der Waals surface area contributed by atoms with Crippen LogP contribution in [0.1, 0.15) is 30.8 Å². The molecule has 0 aromatic carbocycles. The third-order valence-corrected chi connectivity index (χ3v) is 2.57. The largest absolute Gasteiger partial charge is 0.333 e. The number of hydrogen-bond donors (Lipinski definition) is 1. The van der Waals surface area contributed by atoms with Gasteiger partial charge in [-0.05, 0) is 6.42 Å². The smallest absolute Gasteiger partial charge is 0.130 e. The summed E-state index contributed by atoms with van der Waals surface area (Å²) in [7, 11) is 1.88. The average molecular weight is 219 g/mol. The van der Waals surface area contributed by atoms with Crippen molar-refractivity contribution in [2.45, 2.75) is 25.9 Å². The summed E-state index contributed by atoms with van der Waals surface area (Å²) in [6, 6.07) is -0.199. The monoisotopic (exact) mass is 219 g/mol. The number of hydrogen-bond acceptors (Lipinski definition) is 3. The Morgan fingerprint density at radius 1 is 1.50 bits per heavy atom. The summed E-state index contributed by atoms with van der Waals surface area (Å²) in [5, 5.41) is 4.12. The molecule has 2 aromatic heterocycles. The molecule has 0 aliphatic rings. The predicted molar refractivity (Wildman–Crippen MR) is 61.8 cm³/mol. The normalized spacial score (nSPS) is 12.9. The van der Waals surface area contributed by atoms with Gasteiger partial charge in [-0.25, -0.2) is 4.98 Å². The zero-order valence-electron chi connectivity index (χ0n) is 9.67. The first-order valence-corrected chi connectivity index (χ1v) is 5.47. The highest BCUT2D eigenvalue weighted by atomic mass is 15.2. The van der Waals surface area contributed by atoms with E-state index in [1.807, 2.05) is 19.4 Å². The minimum absolute atomic E-state index is 0.199. The molecule has 0 spiro atoms. The molecule has 0 amide bonds. The summed E-state index contributed by atoms with van der Waals surface area (Å²) in [4.78, 5) is 4.32. The summed E-state index contributed by atoms with van der Waals surface area (Å²) in [5.74, 6) is 0.898. The van der Waals surface area contributed by atoms with Crippen LogP contribution in [0, 0.1) is 0 Å². The Bertz CT molecular complexity index is 456. The Morgan fingerprint density at radius 3 is 2.94 bits per heavy atom. The van der Waals surface area contributed by atoms with Gasteiger partial charge in [0.2, 0.25) is 0 Å². The molecule has 2 N–H and O–H groups in total. The molecule has 86 valence electrons. The summed E-state index contributed by atoms with van der Waals surface area (Å²) in [5.41, 5.74) is 7.16. The average Bonchev–Trinajstić information content (AvgIpc) is 2.87. The van der Waals surface area contributed by atoms with Crippen LogP contribution in [0.4, 0.5) is 0 Å². The van der Waals surface area contributed by atoms with Crippen LogP contribution in [0.2, 0.25) is 0 Å². The third kappa shape index (κ3) is 1.99. The van der Waals surface area contributed by atoms with Gasteiger partial charge < -0.3 is 10.3 Å². The van der Waals surface area contributed by atoms with Gasteiger partial charge in [-0.15, -0.1) is 0 Å². The predicted octanol–water partition coefficient (Wildman–Crippen LogP) is 1.07. The molecule has 0 radical (unpaired) electrons. The van der Waals surface area contributed by atoms with E-state index in [1.165, 1.54) is 0 Å². The second-order valence-corrected chi connectivity index (χ2v) is 3.90. The van der Waals surface area contributed by atoms with Crippen LogP contribution in [-0.2, 0) is 13.6 Å². The number of aryl methyl sites for hydroxylation is 2. The van der Waals surface area contributed by atoms with E-state index in [1.54, 1.807) is 17.1 Å². The standard InChI is InChI=1S/C11H17N5/c1-3-5-16-6-4-13-11(16)10(12)9-7-14-15(2)8-9/h4,6-8,10H,3,5,12H2,1-2H3. The van der Waals surface area contributed by atoms with Crippen molar-refractivity contribution in [2.75, 3.05) is 0 Å². The van der Waals surface area contributed by atoms with Gasteiger partial charge in [-0.3, -0.25) is 4.68 Å². The zero-order chi connectivity index (χ0) is 11.5. The van der Waals surface area contributed by atoms with Crippen molar-refractivity contribution in [3.05, 3.63) is 36.2 Å². The quantitative estimate of drug-likeness (QED) is 0.836. The van der Waals surface area contributed by atoms with E-state index in [4.69, 9.17) is 5.73 Å². The Labute approximate surface area is 94.9 Å². The van der Waals surface area contributed by atoms with E-state index in [0.29, 0.717) is 0 Å². The molecule has 5 heteroatoms. The molecule has 1 atom stereocenters. The topological polar surface area (TPSA) is 61.7 Å². The summed E-state index contributed by atoms with van der Waals surface area (Å²) in [6.07, 6.45) is 8.55. The van der Waals surface area contributed by atoms with Gasteiger partial charge in [0, 0.05) is 37.7 Å². The van der Waals surface area contributed by atoms with Gasteiger partial charge in [-0.1, -0.05) is 6.92 Å². The summed E-state index contributed by atoms with van der Waals surface area (Å²) >= 11 is 0. The van der Waals surface area contributed by atoms with Crippen molar-refractivity contribution in [3.8, 4) is 0 Å². The van der Waals surface area contributed by atoms with Crippen LogP contribution in [-0.4, -0.2) is 19.3 Å². The Hall–Kier alpha value is -1.62. The third-order valence-electron chi connectivity index (χ3n) is 2.57. The van der Waals surface area contributed by atoms with E-state index in [-0.39, 0.29) is 6.04 Å². The van der Waals surface area contributed by atoms with Crippen molar-refractivity contribution in [3.63, 3.8) is 0 Å². The second-order valence-electron chi connectivity index (χ2n) is 3.90. The molecule has 2 heterocycles. The van der Waals surface area contributed by atoms with E-state index in [2.05, 4.69) is 21.6 Å². The number of imidazole rings is 1. The lowest BCUT2D eigenvalue weighted by molar-refractivity contribution is 0.612. The van der Waals surface area contributed by atoms with Crippen molar-refractivity contribution in [2.24, 2.45) is 12.8 Å². The highest BCUT2D eigenvalue weighted by Gasteiger charge is 2.15. The molecule has 2 aromatic rings. The molecule has 0 fully saturated rings. The van der Waals surface area contributed by atoms with Crippen molar-refractivity contribution in [1.29, 1.82) is 0 Å². The van der Waals surface area contributed by atoms with Crippen LogP contribution >= 0.6 is 0 Å². The van der Waals surface area contributed by atoms with E-state index >= 15 is 0 Å². The fourth-order valence-electron chi connectivity index (χ4n) is 1.78. The van der Waals surface area contributed by atoms with Gasteiger partial charge in [0.1, 0.15) is 5.82 Å². The van der Waals surface area contributed by atoms with Crippen molar-refractivity contribution in [1.82, 2.24) is 19.3 Å². The molecule has 16 heavy (non-hydrogen) atoms. The van der Waals surface area contributed by atoms with Gasteiger partial charge in [0.15, 0.2) is 0 Å².